The first-order valence-electron chi connectivity index (χ1n) is 14.3. The van der Waals surface area contributed by atoms with Gasteiger partial charge >= 0.3 is 0 Å². The fourth-order valence-corrected chi connectivity index (χ4v) is 8.92. The number of nitrogens with zero attached hydrogens (tertiary/aromatic N) is 3. The molecule has 43 heavy (non-hydrogen) atoms. The molecule has 0 saturated carbocycles. The third kappa shape index (κ3) is 3.29. The van der Waals surface area contributed by atoms with Crippen molar-refractivity contribution in [2.75, 3.05) is 0 Å². The van der Waals surface area contributed by atoms with Gasteiger partial charge in [-0.15, -0.1) is 22.7 Å². The van der Waals surface area contributed by atoms with Crippen molar-refractivity contribution in [2.24, 2.45) is 0 Å². The molecular formula is C38H21N3S2. The second-order valence-electron chi connectivity index (χ2n) is 11.0. The maximum absolute atomic E-state index is 5.46. The van der Waals surface area contributed by atoms with E-state index >= 15 is 0 Å². The quantitative estimate of drug-likeness (QED) is 0.203. The van der Waals surface area contributed by atoms with Gasteiger partial charge in [0, 0.05) is 46.6 Å². The molecule has 0 spiro atoms. The van der Waals surface area contributed by atoms with Gasteiger partial charge in [-0.25, -0.2) is 9.97 Å². The average Bonchev–Trinajstić information content (AvgIpc) is 3.72. The highest BCUT2D eigenvalue weighted by molar-refractivity contribution is 7.26. The van der Waals surface area contributed by atoms with Gasteiger partial charge in [-0.1, -0.05) is 103 Å². The Morgan fingerprint density at radius 3 is 2.16 bits per heavy atom. The molecule has 0 aliphatic rings. The zero-order chi connectivity index (χ0) is 28.1. The molecule has 4 heterocycles. The molecular weight excluding hydrogens is 563 g/mol. The van der Waals surface area contributed by atoms with Crippen molar-refractivity contribution < 1.29 is 0 Å². The molecule has 10 rings (SSSR count). The van der Waals surface area contributed by atoms with Gasteiger partial charge in [0.1, 0.15) is 16.0 Å². The number of rotatable bonds is 2. The Bertz CT molecular complexity index is 2730. The number of hydrogen-bond donors (Lipinski definition) is 0. The van der Waals surface area contributed by atoms with Gasteiger partial charge in [-0.3, -0.25) is 4.57 Å². The number of fused-ring (bicyclic) bond motifs is 11. The van der Waals surface area contributed by atoms with Gasteiger partial charge in [0.15, 0.2) is 5.82 Å². The molecule has 200 valence electrons. The van der Waals surface area contributed by atoms with Crippen molar-refractivity contribution in [2.45, 2.75) is 0 Å². The third-order valence-corrected chi connectivity index (χ3v) is 10.9. The van der Waals surface area contributed by atoms with Crippen molar-refractivity contribution >= 4 is 95.9 Å². The van der Waals surface area contributed by atoms with Crippen LogP contribution in [-0.2, 0) is 0 Å². The zero-order valence-corrected chi connectivity index (χ0v) is 24.4. The Kier molecular flexibility index (Phi) is 4.75. The summed E-state index contributed by atoms with van der Waals surface area (Å²) in [4.78, 5) is 11.7. The third-order valence-electron chi connectivity index (χ3n) is 8.61. The summed E-state index contributed by atoms with van der Waals surface area (Å²) in [5.74, 6) is 0.861. The van der Waals surface area contributed by atoms with Crippen LogP contribution in [0, 0.1) is 0 Å². The first-order chi connectivity index (χ1) is 21.3. The maximum atomic E-state index is 5.46. The fraction of sp³-hybridized carbons (Fsp3) is 0. The lowest BCUT2D eigenvalue weighted by Crippen LogP contribution is -2.02. The summed E-state index contributed by atoms with van der Waals surface area (Å²) in [7, 11) is 0. The predicted molar refractivity (Wildman–Crippen MR) is 185 cm³/mol. The second kappa shape index (κ2) is 8.71. The SMILES string of the molecule is c1ccc(-c2nc3sc4ccccc4c3nc2-n2c3ccccc3c3cc4c(cc32)sc2c3ccccc3ccc42)cc1. The lowest BCUT2D eigenvalue weighted by molar-refractivity contribution is 1.09. The summed E-state index contributed by atoms with van der Waals surface area (Å²) >= 11 is 3.59. The highest BCUT2D eigenvalue weighted by Gasteiger charge is 2.22. The largest absolute Gasteiger partial charge is 0.292 e. The Morgan fingerprint density at radius 2 is 1.26 bits per heavy atom. The van der Waals surface area contributed by atoms with E-state index in [2.05, 4.69) is 132 Å². The predicted octanol–water partition coefficient (Wildman–Crippen LogP) is 11.1. The second-order valence-corrected chi connectivity index (χ2v) is 13.1. The van der Waals surface area contributed by atoms with Crippen LogP contribution < -0.4 is 0 Å². The van der Waals surface area contributed by atoms with Gasteiger partial charge in [-0.05, 0) is 35.0 Å². The van der Waals surface area contributed by atoms with Crippen LogP contribution in [0.15, 0.2) is 127 Å². The highest BCUT2D eigenvalue weighted by atomic mass is 32.1. The van der Waals surface area contributed by atoms with E-state index in [-0.39, 0.29) is 0 Å². The molecule has 0 aliphatic carbocycles. The van der Waals surface area contributed by atoms with E-state index in [4.69, 9.17) is 9.97 Å². The van der Waals surface area contributed by atoms with Crippen LogP contribution >= 0.6 is 22.7 Å². The van der Waals surface area contributed by atoms with Crippen molar-refractivity contribution in [1.29, 1.82) is 0 Å². The molecule has 0 saturated heterocycles. The summed E-state index contributed by atoms with van der Waals surface area (Å²) in [5.41, 5.74) is 5.19. The molecule has 0 amide bonds. The Balaban J connectivity index is 1.37. The molecule has 0 aliphatic heterocycles. The number of aromatic nitrogens is 3. The summed E-state index contributed by atoms with van der Waals surface area (Å²) < 4.78 is 6.16. The topological polar surface area (TPSA) is 30.7 Å². The van der Waals surface area contributed by atoms with E-state index < -0.39 is 0 Å². The minimum Gasteiger partial charge on any atom is -0.292 e. The van der Waals surface area contributed by atoms with E-state index in [1.807, 2.05) is 11.3 Å². The molecule has 0 fully saturated rings. The van der Waals surface area contributed by atoms with Crippen LogP contribution in [0.2, 0.25) is 0 Å². The molecule has 4 aromatic heterocycles. The van der Waals surface area contributed by atoms with Crippen LogP contribution in [-0.4, -0.2) is 14.5 Å². The van der Waals surface area contributed by atoms with E-state index in [1.165, 1.54) is 46.4 Å². The highest BCUT2D eigenvalue weighted by Crippen LogP contribution is 2.44. The first-order valence-corrected chi connectivity index (χ1v) is 16.0. The van der Waals surface area contributed by atoms with Crippen molar-refractivity contribution in [3.63, 3.8) is 0 Å². The minimum atomic E-state index is 0.861. The Hall–Kier alpha value is -5.10. The van der Waals surface area contributed by atoms with Crippen LogP contribution in [0.3, 0.4) is 0 Å². The molecule has 0 atom stereocenters. The van der Waals surface area contributed by atoms with Gasteiger partial charge in [0.2, 0.25) is 0 Å². The van der Waals surface area contributed by atoms with Crippen molar-refractivity contribution in [3.8, 4) is 17.1 Å². The standard InChI is InChI=1S/C38H21N3S2/c1-2-11-23(12-3-1)34-37(39-35-27-15-7-9-17-32(27)43-38(35)40-34)41-30-16-8-6-14-25(30)28-20-29-26-19-18-22-10-4-5-13-24(22)36(26)42-33(29)21-31(28)41/h1-21H. The molecule has 6 aromatic carbocycles. The van der Waals surface area contributed by atoms with Crippen LogP contribution in [0.1, 0.15) is 0 Å². The monoisotopic (exact) mass is 583 g/mol. The summed E-state index contributed by atoms with van der Waals surface area (Å²) in [6.07, 6.45) is 0. The molecule has 5 heteroatoms. The molecule has 0 bridgehead atoms. The number of para-hydroxylation sites is 1. The van der Waals surface area contributed by atoms with Crippen LogP contribution in [0.5, 0.6) is 0 Å². The van der Waals surface area contributed by atoms with Gasteiger partial charge < -0.3 is 0 Å². The molecule has 0 unspecified atom stereocenters. The van der Waals surface area contributed by atoms with Gasteiger partial charge in [-0.2, -0.15) is 0 Å². The van der Waals surface area contributed by atoms with E-state index in [0.29, 0.717) is 0 Å². The first kappa shape index (κ1) is 23.5. The zero-order valence-electron chi connectivity index (χ0n) is 22.8. The fourth-order valence-electron chi connectivity index (χ4n) is 6.65. The molecule has 0 N–H and O–H groups in total. The van der Waals surface area contributed by atoms with E-state index in [0.717, 1.165) is 43.8 Å². The van der Waals surface area contributed by atoms with Gasteiger partial charge in [0.25, 0.3) is 0 Å². The molecule has 3 nitrogen and oxygen atoms in total. The average molecular weight is 584 g/mol. The minimum absolute atomic E-state index is 0.861. The van der Waals surface area contributed by atoms with Gasteiger partial charge in [0.05, 0.1) is 11.0 Å². The Labute approximate surface area is 253 Å². The summed E-state index contributed by atoms with van der Waals surface area (Å²) in [6, 6.07) is 45.7. The van der Waals surface area contributed by atoms with E-state index in [9.17, 15) is 0 Å². The summed E-state index contributed by atoms with van der Waals surface area (Å²) in [6.45, 7) is 0. The molecule has 0 radical (unpaired) electrons. The summed E-state index contributed by atoms with van der Waals surface area (Å²) in [5, 5.41) is 8.80. The van der Waals surface area contributed by atoms with E-state index in [1.54, 1.807) is 11.3 Å². The maximum Gasteiger partial charge on any atom is 0.165 e. The lowest BCUT2D eigenvalue weighted by atomic mass is 10.0. The normalized spacial score (nSPS) is 12.2. The van der Waals surface area contributed by atoms with Crippen LogP contribution in [0.4, 0.5) is 0 Å². The van der Waals surface area contributed by atoms with Crippen LogP contribution in [0.25, 0.3) is 90.3 Å². The smallest absolute Gasteiger partial charge is 0.165 e. The lowest BCUT2D eigenvalue weighted by Gasteiger charge is -2.12. The molecule has 10 aromatic rings. The number of hydrogen-bond acceptors (Lipinski definition) is 4. The Morgan fingerprint density at radius 1 is 0.488 bits per heavy atom. The van der Waals surface area contributed by atoms with Crippen molar-refractivity contribution in [3.05, 3.63) is 127 Å². The number of thiophene rings is 2. The van der Waals surface area contributed by atoms with Crippen molar-refractivity contribution in [1.82, 2.24) is 14.5 Å². The number of benzene rings is 6.